The molecule has 6 heteroatoms. The van der Waals surface area contributed by atoms with Gasteiger partial charge in [0.2, 0.25) is 0 Å². The maximum Gasteiger partial charge on any atom is 0.143 e. The Hall–Kier alpha value is -1.79. The smallest absolute Gasteiger partial charge is 0.143 e. The molecule has 0 radical (unpaired) electrons. The lowest BCUT2D eigenvalue weighted by Gasteiger charge is -2.22. The van der Waals surface area contributed by atoms with Crippen molar-refractivity contribution in [2.75, 3.05) is 13.2 Å². The molecule has 0 saturated heterocycles. The fraction of sp³-hybridized carbons (Fsp3) is 0.562. The second-order valence-electron chi connectivity index (χ2n) is 6.45. The summed E-state index contributed by atoms with van der Waals surface area (Å²) in [4.78, 5) is 0. The van der Waals surface area contributed by atoms with Gasteiger partial charge in [0.05, 0.1) is 5.69 Å². The number of aromatic nitrogens is 4. The molecule has 1 aromatic carbocycles. The van der Waals surface area contributed by atoms with Crippen LogP contribution in [0.5, 0.6) is 0 Å². The van der Waals surface area contributed by atoms with Gasteiger partial charge in [0, 0.05) is 12.6 Å². The average Bonchev–Trinajstić information content (AvgIpc) is 3.06. The topological polar surface area (TPSA) is 75.9 Å². The summed E-state index contributed by atoms with van der Waals surface area (Å²) in [5.74, 6) is 0. The zero-order valence-corrected chi connectivity index (χ0v) is 13.5. The van der Waals surface area contributed by atoms with E-state index in [1.54, 1.807) is 11.0 Å². The molecule has 6 nitrogen and oxygen atoms in total. The Morgan fingerprint density at radius 3 is 2.59 bits per heavy atom. The number of rotatable bonds is 8. The summed E-state index contributed by atoms with van der Waals surface area (Å²) in [5, 5.41) is 23.9. The standard InChI is InChI=1S/C16H25N5O/c1-13(17-10-4-9-16(2,3)11-22)14-5-7-15(8-6-14)21-12-18-19-20-21/h5-8,12-13,17,22H,4,9-11H2,1-3H3. The first-order valence-electron chi connectivity index (χ1n) is 7.69. The monoisotopic (exact) mass is 303 g/mol. The number of nitrogens with zero attached hydrogens (tertiary/aromatic N) is 4. The molecule has 0 fully saturated rings. The molecule has 1 atom stereocenters. The fourth-order valence-corrected chi connectivity index (χ4v) is 2.28. The average molecular weight is 303 g/mol. The molecule has 1 unspecified atom stereocenters. The van der Waals surface area contributed by atoms with E-state index < -0.39 is 0 Å². The van der Waals surface area contributed by atoms with Gasteiger partial charge in [-0.3, -0.25) is 0 Å². The predicted octanol–water partition coefficient (Wildman–Crippen LogP) is 2.11. The van der Waals surface area contributed by atoms with Crippen LogP contribution in [0.1, 0.15) is 45.2 Å². The van der Waals surface area contributed by atoms with Crippen molar-refractivity contribution in [3.05, 3.63) is 36.2 Å². The van der Waals surface area contributed by atoms with Crippen molar-refractivity contribution in [2.24, 2.45) is 5.41 Å². The van der Waals surface area contributed by atoms with Gasteiger partial charge in [-0.2, -0.15) is 0 Å². The van der Waals surface area contributed by atoms with Crippen molar-refractivity contribution in [1.29, 1.82) is 0 Å². The molecule has 0 amide bonds. The van der Waals surface area contributed by atoms with Crippen LogP contribution in [0.15, 0.2) is 30.6 Å². The molecule has 22 heavy (non-hydrogen) atoms. The maximum absolute atomic E-state index is 9.25. The summed E-state index contributed by atoms with van der Waals surface area (Å²) < 4.78 is 1.64. The number of hydrogen-bond donors (Lipinski definition) is 2. The van der Waals surface area contributed by atoms with Crippen LogP contribution < -0.4 is 5.32 Å². The third kappa shape index (κ3) is 4.61. The van der Waals surface area contributed by atoms with Crippen molar-refractivity contribution in [2.45, 2.75) is 39.7 Å². The van der Waals surface area contributed by atoms with Gasteiger partial charge < -0.3 is 10.4 Å². The van der Waals surface area contributed by atoms with E-state index in [4.69, 9.17) is 0 Å². The summed E-state index contributed by atoms with van der Waals surface area (Å²) in [5.41, 5.74) is 2.20. The minimum Gasteiger partial charge on any atom is -0.396 e. The highest BCUT2D eigenvalue weighted by molar-refractivity contribution is 5.34. The van der Waals surface area contributed by atoms with Gasteiger partial charge in [-0.1, -0.05) is 26.0 Å². The van der Waals surface area contributed by atoms with Crippen molar-refractivity contribution in [3.63, 3.8) is 0 Å². The number of tetrazole rings is 1. The summed E-state index contributed by atoms with van der Waals surface area (Å²) in [6, 6.07) is 8.50. The molecule has 1 aromatic heterocycles. The second-order valence-corrected chi connectivity index (χ2v) is 6.45. The molecule has 120 valence electrons. The van der Waals surface area contributed by atoms with Crippen molar-refractivity contribution in [1.82, 2.24) is 25.5 Å². The molecule has 0 spiro atoms. The Labute approximate surface area is 131 Å². The van der Waals surface area contributed by atoms with E-state index in [1.807, 2.05) is 12.1 Å². The Balaban J connectivity index is 1.81. The van der Waals surface area contributed by atoms with Crippen LogP contribution >= 0.6 is 0 Å². The third-order valence-electron chi connectivity index (χ3n) is 3.92. The second kappa shape index (κ2) is 7.47. The van der Waals surface area contributed by atoms with Gasteiger partial charge in [-0.05, 0) is 59.8 Å². The van der Waals surface area contributed by atoms with Crippen LogP contribution in [0.4, 0.5) is 0 Å². The lowest BCUT2D eigenvalue weighted by atomic mass is 9.89. The van der Waals surface area contributed by atoms with Crippen molar-refractivity contribution >= 4 is 0 Å². The lowest BCUT2D eigenvalue weighted by molar-refractivity contribution is 0.147. The predicted molar refractivity (Wildman–Crippen MR) is 85.7 cm³/mol. The molecule has 2 rings (SSSR count). The Bertz CT molecular complexity index is 550. The Kier molecular flexibility index (Phi) is 5.63. The van der Waals surface area contributed by atoms with Gasteiger partial charge in [0.1, 0.15) is 6.33 Å². The molecule has 0 saturated carbocycles. The number of hydrogen-bond acceptors (Lipinski definition) is 5. The highest BCUT2D eigenvalue weighted by Crippen LogP contribution is 2.21. The van der Waals surface area contributed by atoms with E-state index >= 15 is 0 Å². The van der Waals surface area contributed by atoms with Crippen molar-refractivity contribution in [3.8, 4) is 5.69 Å². The fourth-order valence-electron chi connectivity index (χ4n) is 2.28. The largest absolute Gasteiger partial charge is 0.396 e. The third-order valence-corrected chi connectivity index (χ3v) is 3.92. The van der Waals surface area contributed by atoms with Crippen LogP contribution in [0.3, 0.4) is 0 Å². The van der Waals surface area contributed by atoms with E-state index in [0.717, 1.165) is 25.1 Å². The molecule has 0 bridgehead atoms. The Morgan fingerprint density at radius 2 is 2.00 bits per heavy atom. The van der Waals surface area contributed by atoms with E-state index in [-0.39, 0.29) is 12.0 Å². The summed E-state index contributed by atoms with van der Waals surface area (Å²) in [7, 11) is 0. The maximum atomic E-state index is 9.25. The summed E-state index contributed by atoms with van der Waals surface area (Å²) in [6.07, 6.45) is 3.65. The van der Waals surface area contributed by atoms with Gasteiger partial charge >= 0.3 is 0 Å². The summed E-state index contributed by atoms with van der Waals surface area (Å²) in [6.45, 7) is 7.52. The van der Waals surface area contributed by atoms with Crippen LogP contribution in [-0.2, 0) is 0 Å². The Morgan fingerprint density at radius 1 is 1.27 bits per heavy atom. The highest BCUT2D eigenvalue weighted by atomic mass is 16.3. The van der Waals surface area contributed by atoms with E-state index in [1.165, 1.54) is 5.56 Å². The van der Waals surface area contributed by atoms with E-state index in [0.29, 0.717) is 6.04 Å². The number of aliphatic hydroxyl groups is 1. The molecule has 0 aliphatic rings. The van der Waals surface area contributed by atoms with Crippen LogP contribution in [0.2, 0.25) is 0 Å². The molecule has 2 aromatic rings. The molecular formula is C16H25N5O. The van der Waals surface area contributed by atoms with E-state index in [9.17, 15) is 5.11 Å². The van der Waals surface area contributed by atoms with Gasteiger partial charge in [0.25, 0.3) is 0 Å². The summed E-state index contributed by atoms with van der Waals surface area (Å²) >= 11 is 0. The number of aliphatic hydroxyl groups excluding tert-OH is 1. The molecule has 2 N–H and O–H groups in total. The molecule has 0 aliphatic carbocycles. The minimum absolute atomic E-state index is 0.0123. The lowest BCUT2D eigenvalue weighted by Crippen LogP contribution is -2.23. The van der Waals surface area contributed by atoms with Gasteiger partial charge in [-0.15, -0.1) is 5.10 Å². The van der Waals surface area contributed by atoms with Crippen LogP contribution in [-0.4, -0.2) is 38.5 Å². The SMILES string of the molecule is CC(NCCCC(C)(C)CO)c1ccc(-n2cnnn2)cc1. The molecule has 0 aliphatic heterocycles. The number of nitrogens with one attached hydrogen (secondary N) is 1. The first-order valence-corrected chi connectivity index (χ1v) is 7.69. The van der Waals surface area contributed by atoms with E-state index in [2.05, 4.69) is 53.7 Å². The normalized spacial score (nSPS) is 13.3. The van der Waals surface area contributed by atoms with Crippen LogP contribution in [0.25, 0.3) is 5.69 Å². The quantitative estimate of drug-likeness (QED) is 0.731. The zero-order chi connectivity index (χ0) is 16.0. The number of benzene rings is 1. The first-order chi connectivity index (χ1) is 10.5. The zero-order valence-electron chi connectivity index (χ0n) is 13.5. The van der Waals surface area contributed by atoms with Gasteiger partial charge in [-0.25, -0.2) is 4.68 Å². The van der Waals surface area contributed by atoms with Crippen LogP contribution in [0, 0.1) is 5.41 Å². The highest BCUT2D eigenvalue weighted by Gasteiger charge is 2.15. The molecule has 1 heterocycles. The van der Waals surface area contributed by atoms with Gasteiger partial charge in [0.15, 0.2) is 0 Å². The molecular weight excluding hydrogens is 278 g/mol. The first kappa shape index (κ1) is 16.6. The minimum atomic E-state index is 0.0123. The van der Waals surface area contributed by atoms with Crippen molar-refractivity contribution < 1.29 is 5.11 Å².